The van der Waals surface area contributed by atoms with E-state index in [0.717, 1.165) is 23.5 Å². The monoisotopic (exact) mass is 335 g/mol. The molecule has 2 heterocycles. The number of nitrogens with one attached hydrogen (secondary N) is 1. The molecule has 0 saturated heterocycles. The molecule has 2 atom stereocenters. The van der Waals surface area contributed by atoms with Crippen molar-refractivity contribution in [2.75, 3.05) is 6.61 Å². The molecular formula is C20H21N3O2. The topological polar surface area (TPSA) is 55.6 Å². The number of aryl methyl sites for hydroxylation is 1. The number of pyridine rings is 1. The molecule has 25 heavy (non-hydrogen) atoms. The molecule has 1 fully saturated rings. The Morgan fingerprint density at radius 3 is 2.84 bits per heavy atom. The maximum Gasteiger partial charge on any atom is 0.272 e. The summed E-state index contributed by atoms with van der Waals surface area (Å²) in [6.07, 6.45) is 2.89. The fourth-order valence-electron chi connectivity index (χ4n) is 3.30. The van der Waals surface area contributed by atoms with Crippen LogP contribution in [-0.4, -0.2) is 27.9 Å². The lowest BCUT2D eigenvalue weighted by Crippen LogP contribution is -2.27. The van der Waals surface area contributed by atoms with Gasteiger partial charge in [-0.05, 0) is 50.1 Å². The van der Waals surface area contributed by atoms with Gasteiger partial charge < -0.3 is 14.5 Å². The molecule has 1 aromatic carbocycles. The molecular weight excluding hydrogens is 314 g/mol. The Morgan fingerprint density at radius 2 is 2.08 bits per heavy atom. The summed E-state index contributed by atoms with van der Waals surface area (Å²) in [4.78, 5) is 17.1. The molecule has 1 aliphatic rings. The number of ether oxygens (including phenoxy) is 1. The molecule has 1 amide bonds. The van der Waals surface area contributed by atoms with E-state index >= 15 is 0 Å². The van der Waals surface area contributed by atoms with Gasteiger partial charge in [0.05, 0.1) is 12.1 Å². The van der Waals surface area contributed by atoms with Crippen molar-refractivity contribution < 1.29 is 9.53 Å². The van der Waals surface area contributed by atoms with Gasteiger partial charge in [0.15, 0.2) is 5.69 Å². The number of rotatable bonds is 5. The van der Waals surface area contributed by atoms with Crippen molar-refractivity contribution in [3.8, 4) is 5.75 Å². The Kier molecular flexibility index (Phi) is 3.92. The van der Waals surface area contributed by atoms with E-state index in [9.17, 15) is 4.79 Å². The van der Waals surface area contributed by atoms with Crippen LogP contribution >= 0.6 is 0 Å². The van der Waals surface area contributed by atoms with E-state index in [-0.39, 0.29) is 11.9 Å². The van der Waals surface area contributed by atoms with Crippen molar-refractivity contribution >= 4 is 11.4 Å². The molecule has 2 aromatic heterocycles. The van der Waals surface area contributed by atoms with Crippen molar-refractivity contribution in [2.45, 2.75) is 32.2 Å². The van der Waals surface area contributed by atoms with Crippen LogP contribution in [0.3, 0.4) is 0 Å². The largest absolute Gasteiger partial charge is 0.494 e. The summed E-state index contributed by atoms with van der Waals surface area (Å²) in [6, 6.07) is 14.1. The quantitative estimate of drug-likeness (QED) is 0.778. The van der Waals surface area contributed by atoms with Gasteiger partial charge in [0.2, 0.25) is 0 Å². The first-order valence-electron chi connectivity index (χ1n) is 8.64. The van der Waals surface area contributed by atoms with Crippen LogP contribution in [0.25, 0.3) is 5.52 Å². The Bertz CT molecular complexity index is 914. The van der Waals surface area contributed by atoms with E-state index in [1.165, 1.54) is 5.56 Å². The van der Waals surface area contributed by atoms with Gasteiger partial charge in [0.25, 0.3) is 5.91 Å². The molecule has 0 spiro atoms. The first-order chi connectivity index (χ1) is 12.2. The zero-order valence-corrected chi connectivity index (χ0v) is 14.4. The van der Waals surface area contributed by atoms with Crippen LogP contribution in [0.2, 0.25) is 0 Å². The van der Waals surface area contributed by atoms with Gasteiger partial charge in [-0.15, -0.1) is 0 Å². The Morgan fingerprint density at radius 1 is 1.28 bits per heavy atom. The van der Waals surface area contributed by atoms with E-state index < -0.39 is 0 Å². The standard InChI is InChI=1S/C20H21N3O2/c1-3-25-15-9-7-14(8-10-15)16-12-17(16)22-20(24)19-18-6-4-5-11-23(18)13(2)21-19/h4-11,16-17H,3,12H2,1-2H3,(H,22,24)/t16-,17+/m0/s1. The number of carbonyl (C=O) groups is 1. The molecule has 3 aromatic rings. The Balaban J connectivity index is 1.45. The predicted octanol–water partition coefficient (Wildman–Crippen LogP) is 3.33. The van der Waals surface area contributed by atoms with Gasteiger partial charge in [-0.2, -0.15) is 0 Å². The highest BCUT2D eigenvalue weighted by Gasteiger charge is 2.40. The number of hydrogen-bond acceptors (Lipinski definition) is 3. The zero-order valence-electron chi connectivity index (χ0n) is 14.4. The summed E-state index contributed by atoms with van der Waals surface area (Å²) in [6.45, 7) is 4.55. The minimum Gasteiger partial charge on any atom is -0.494 e. The minimum atomic E-state index is -0.102. The number of imidazole rings is 1. The number of fused-ring (bicyclic) bond motifs is 1. The van der Waals surface area contributed by atoms with Gasteiger partial charge in [-0.3, -0.25) is 4.79 Å². The second kappa shape index (κ2) is 6.24. The number of aromatic nitrogens is 2. The fourth-order valence-corrected chi connectivity index (χ4v) is 3.30. The first-order valence-corrected chi connectivity index (χ1v) is 8.64. The molecule has 0 bridgehead atoms. The number of carbonyl (C=O) groups excluding carboxylic acids is 1. The van der Waals surface area contributed by atoms with Gasteiger partial charge in [-0.25, -0.2) is 4.98 Å². The normalized spacial score (nSPS) is 19.0. The highest BCUT2D eigenvalue weighted by molar-refractivity contribution is 5.99. The fraction of sp³-hybridized carbons (Fsp3) is 0.300. The van der Waals surface area contributed by atoms with Crippen molar-refractivity contribution in [1.82, 2.24) is 14.7 Å². The molecule has 128 valence electrons. The van der Waals surface area contributed by atoms with Crippen molar-refractivity contribution in [1.29, 1.82) is 0 Å². The van der Waals surface area contributed by atoms with E-state index in [0.29, 0.717) is 18.2 Å². The second-order valence-corrected chi connectivity index (χ2v) is 6.39. The van der Waals surface area contributed by atoms with Crippen molar-refractivity contribution in [3.05, 3.63) is 65.7 Å². The predicted molar refractivity (Wildman–Crippen MR) is 96.2 cm³/mol. The summed E-state index contributed by atoms with van der Waals surface area (Å²) < 4.78 is 7.41. The van der Waals surface area contributed by atoms with E-state index in [1.807, 2.05) is 54.8 Å². The van der Waals surface area contributed by atoms with Gasteiger partial charge in [-0.1, -0.05) is 18.2 Å². The summed E-state index contributed by atoms with van der Waals surface area (Å²) >= 11 is 0. The van der Waals surface area contributed by atoms with Crippen LogP contribution in [0, 0.1) is 6.92 Å². The van der Waals surface area contributed by atoms with Crippen molar-refractivity contribution in [2.24, 2.45) is 0 Å². The first kappa shape index (κ1) is 15.7. The Hall–Kier alpha value is -2.82. The van der Waals surface area contributed by atoms with Gasteiger partial charge in [0, 0.05) is 18.2 Å². The maximum absolute atomic E-state index is 12.6. The minimum absolute atomic E-state index is 0.102. The summed E-state index contributed by atoms with van der Waals surface area (Å²) in [7, 11) is 0. The smallest absolute Gasteiger partial charge is 0.272 e. The van der Waals surface area contributed by atoms with Crippen LogP contribution in [0.5, 0.6) is 5.75 Å². The molecule has 5 heteroatoms. The third-order valence-corrected chi connectivity index (χ3v) is 4.67. The third-order valence-electron chi connectivity index (χ3n) is 4.67. The van der Waals surface area contributed by atoms with Crippen molar-refractivity contribution in [3.63, 3.8) is 0 Å². The SMILES string of the molecule is CCOc1ccc([C@@H]2C[C@H]2NC(=O)c2nc(C)n3ccccc23)cc1. The Labute approximate surface area is 146 Å². The molecule has 0 radical (unpaired) electrons. The van der Waals surface area contributed by atoms with E-state index in [2.05, 4.69) is 22.4 Å². The molecule has 4 rings (SSSR count). The lowest BCUT2D eigenvalue weighted by molar-refractivity contribution is 0.0947. The molecule has 5 nitrogen and oxygen atoms in total. The molecule has 0 unspecified atom stereocenters. The number of benzene rings is 1. The number of amides is 1. The number of hydrogen-bond donors (Lipinski definition) is 1. The average molecular weight is 335 g/mol. The number of nitrogens with zero attached hydrogens (tertiary/aromatic N) is 2. The molecule has 0 aliphatic heterocycles. The van der Waals surface area contributed by atoms with Gasteiger partial charge in [0.1, 0.15) is 11.6 Å². The van der Waals surface area contributed by atoms with E-state index in [1.54, 1.807) is 0 Å². The third kappa shape index (κ3) is 2.97. The molecule has 1 saturated carbocycles. The lowest BCUT2D eigenvalue weighted by atomic mass is 10.1. The highest BCUT2D eigenvalue weighted by atomic mass is 16.5. The average Bonchev–Trinajstić information content (AvgIpc) is 3.31. The van der Waals surface area contributed by atoms with Crippen LogP contribution in [0.1, 0.15) is 41.1 Å². The van der Waals surface area contributed by atoms with Crippen LogP contribution in [-0.2, 0) is 0 Å². The van der Waals surface area contributed by atoms with Crippen LogP contribution < -0.4 is 10.1 Å². The maximum atomic E-state index is 12.6. The highest BCUT2D eigenvalue weighted by Crippen LogP contribution is 2.41. The summed E-state index contributed by atoms with van der Waals surface area (Å²) in [5, 5.41) is 3.12. The molecule has 1 aliphatic carbocycles. The molecule has 1 N–H and O–H groups in total. The van der Waals surface area contributed by atoms with Crippen LogP contribution in [0.15, 0.2) is 48.7 Å². The van der Waals surface area contributed by atoms with Crippen LogP contribution in [0.4, 0.5) is 0 Å². The summed E-state index contributed by atoms with van der Waals surface area (Å²) in [5.74, 6) is 1.97. The van der Waals surface area contributed by atoms with E-state index in [4.69, 9.17) is 4.74 Å². The zero-order chi connectivity index (χ0) is 17.4. The lowest BCUT2D eigenvalue weighted by Gasteiger charge is -2.06. The summed E-state index contributed by atoms with van der Waals surface area (Å²) in [5.41, 5.74) is 2.57. The second-order valence-electron chi connectivity index (χ2n) is 6.39. The van der Waals surface area contributed by atoms with Gasteiger partial charge >= 0.3 is 0 Å².